The standard InChI is InChI=1S/C8H14N2O2/c1-4-10(9-7(2)3)6-5-8(11)12/h5-6H,4H2,1-3H3,(H,11,12). The van der Waals surface area contributed by atoms with E-state index in [4.69, 9.17) is 5.11 Å². The van der Waals surface area contributed by atoms with Crippen molar-refractivity contribution in [1.29, 1.82) is 0 Å². The van der Waals surface area contributed by atoms with Crippen molar-refractivity contribution < 1.29 is 9.90 Å². The third kappa shape index (κ3) is 5.46. The van der Waals surface area contributed by atoms with Crippen LogP contribution in [0.4, 0.5) is 0 Å². The highest BCUT2D eigenvalue weighted by molar-refractivity contribution is 5.80. The Balaban J connectivity index is 4.18. The van der Waals surface area contributed by atoms with Crippen molar-refractivity contribution in [2.75, 3.05) is 6.54 Å². The third-order valence-corrected chi connectivity index (χ3v) is 1.04. The number of hydrogen-bond acceptors (Lipinski definition) is 3. The summed E-state index contributed by atoms with van der Waals surface area (Å²) in [7, 11) is 0. The molecule has 1 N–H and O–H groups in total. The largest absolute Gasteiger partial charge is 0.478 e. The Morgan fingerprint density at radius 1 is 1.58 bits per heavy atom. The molecule has 4 heteroatoms. The van der Waals surface area contributed by atoms with E-state index in [1.807, 2.05) is 20.8 Å². The number of aliphatic carboxylic acids is 1. The van der Waals surface area contributed by atoms with Gasteiger partial charge in [-0.2, -0.15) is 5.10 Å². The second-order valence-corrected chi connectivity index (χ2v) is 2.46. The van der Waals surface area contributed by atoms with Gasteiger partial charge in [0.25, 0.3) is 0 Å². The van der Waals surface area contributed by atoms with Crippen LogP contribution in [-0.4, -0.2) is 28.3 Å². The first-order chi connectivity index (χ1) is 5.56. The molecular formula is C8H14N2O2. The summed E-state index contributed by atoms with van der Waals surface area (Å²) in [4.78, 5) is 10.1. The molecule has 0 saturated carbocycles. The van der Waals surface area contributed by atoms with E-state index in [0.29, 0.717) is 6.54 Å². The van der Waals surface area contributed by atoms with Crippen LogP contribution in [0.5, 0.6) is 0 Å². The van der Waals surface area contributed by atoms with Crippen LogP contribution in [0.2, 0.25) is 0 Å². The van der Waals surface area contributed by atoms with Crippen LogP contribution in [0, 0.1) is 0 Å². The molecule has 0 aliphatic heterocycles. The summed E-state index contributed by atoms with van der Waals surface area (Å²) in [6.45, 7) is 6.28. The van der Waals surface area contributed by atoms with E-state index in [-0.39, 0.29) is 0 Å². The average molecular weight is 170 g/mol. The fourth-order valence-corrected chi connectivity index (χ4v) is 0.616. The van der Waals surface area contributed by atoms with Gasteiger partial charge in [0.2, 0.25) is 0 Å². The van der Waals surface area contributed by atoms with Gasteiger partial charge in [-0.05, 0) is 20.8 Å². The Hall–Kier alpha value is -1.32. The maximum atomic E-state index is 10.1. The summed E-state index contributed by atoms with van der Waals surface area (Å²) in [5.74, 6) is -0.961. The zero-order valence-corrected chi connectivity index (χ0v) is 7.61. The molecule has 4 nitrogen and oxygen atoms in total. The van der Waals surface area contributed by atoms with Crippen molar-refractivity contribution in [2.24, 2.45) is 5.10 Å². The molecule has 0 spiro atoms. The van der Waals surface area contributed by atoms with Crippen LogP contribution < -0.4 is 0 Å². The Morgan fingerprint density at radius 3 is 2.50 bits per heavy atom. The second-order valence-electron chi connectivity index (χ2n) is 2.46. The van der Waals surface area contributed by atoms with E-state index in [1.165, 1.54) is 6.20 Å². The van der Waals surface area contributed by atoms with Gasteiger partial charge >= 0.3 is 5.97 Å². The summed E-state index contributed by atoms with van der Waals surface area (Å²) in [6, 6.07) is 0. The Labute approximate surface area is 72.2 Å². The molecule has 0 bridgehead atoms. The van der Waals surface area contributed by atoms with E-state index >= 15 is 0 Å². The molecule has 68 valence electrons. The van der Waals surface area contributed by atoms with Crippen LogP contribution in [-0.2, 0) is 4.79 Å². The molecule has 0 aliphatic carbocycles. The van der Waals surface area contributed by atoms with Gasteiger partial charge in [0.05, 0.1) is 0 Å². The molecule has 0 aromatic rings. The predicted octanol–water partition coefficient (Wildman–Crippen LogP) is 1.30. The Bertz CT molecular complexity index is 205. The summed E-state index contributed by atoms with van der Waals surface area (Å²) in [5.41, 5.74) is 0.895. The molecule has 0 radical (unpaired) electrons. The fourth-order valence-electron chi connectivity index (χ4n) is 0.616. The van der Waals surface area contributed by atoms with Gasteiger partial charge in [0.1, 0.15) is 0 Å². The molecule has 0 saturated heterocycles. The Kier molecular flexibility index (Phi) is 4.76. The highest BCUT2D eigenvalue weighted by Crippen LogP contribution is 1.91. The molecule has 0 rings (SSSR count). The molecule has 0 amide bonds. The lowest BCUT2D eigenvalue weighted by Crippen LogP contribution is -2.11. The zero-order valence-electron chi connectivity index (χ0n) is 7.61. The quantitative estimate of drug-likeness (QED) is 0.393. The third-order valence-electron chi connectivity index (χ3n) is 1.04. The smallest absolute Gasteiger partial charge is 0.329 e. The number of carboxylic acid groups (broad SMARTS) is 1. The molecule has 0 fully saturated rings. The zero-order chi connectivity index (χ0) is 9.56. The number of rotatable bonds is 4. The number of nitrogens with zero attached hydrogens (tertiary/aromatic N) is 2. The van der Waals surface area contributed by atoms with Crippen LogP contribution in [0.3, 0.4) is 0 Å². The highest BCUT2D eigenvalue weighted by Gasteiger charge is 1.92. The van der Waals surface area contributed by atoms with Crippen molar-refractivity contribution >= 4 is 11.7 Å². The second kappa shape index (κ2) is 5.35. The minimum atomic E-state index is -0.961. The molecule has 0 unspecified atom stereocenters. The van der Waals surface area contributed by atoms with Gasteiger partial charge in [-0.3, -0.25) is 5.01 Å². The van der Waals surface area contributed by atoms with Crippen LogP contribution in [0.1, 0.15) is 20.8 Å². The number of hydrazone groups is 1. The lowest BCUT2D eigenvalue weighted by atomic mass is 10.5. The monoisotopic (exact) mass is 170 g/mol. The van der Waals surface area contributed by atoms with E-state index in [2.05, 4.69) is 5.10 Å². The minimum Gasteiger partial charge on any atom is -0.478 e. The van der Waals surface area contributed by atoms with Gasteiger partial charge in [-0.25, -0.2) is 4.79 Å². The SMILES string of the molecule is CCN(C=CC(=O)O)N=C(C)C. The molecule has 12 heavy (non-hydrogen) atoms. The first-order valence-corrected chi connectivity index (χ1v) is 3.75. The lowest BCUT2D eigenvalue weighted by molar-refractivity contribution is -0.131. The van der Waals surface area contributed by atoms with Crippen molar-refractivity contribution in [3.05, 3.63) is 12.3 Å². The molecule has 0 atom stereocenters. The van der Waals surface area contributed by atoms with Gasteiger partial charge in [-0.15, -0.1) is 0 Å². The van der Waals surface area contributed by atoms with Crippen molar-refractivity contribution in [2.45, 2.75) is 20.8 Å². The van der Waals surface area contributed by atoms with Crippen molar-refractivity contribution in [3.63, 3.8) is 0 Å². The van der Waals surface area contributed by atoms with Crippen molar-refractivity contribution in [3.8, 4) is 0 Å². The first-order valence-electron chi connectivity index (χ1n) is 3.75. The van der Waals surface area contributed by atoms with Crippen LogP contribution in [0.15, 0.2) is 17.4 Å². The van der Waals surface area contributed by atoms with Gasteiger partial charge in [0, 0.05) is 24.5 Å². The molecule has 0 aromatic carbocycles. The van der Waals surface area contributed by atoms with Gasteiger partial charge in [-0.1, -0.05) is 0 Å². The van der Waals surface area contributed by atoms with Crippen LogP contribution in [0.25, 0.3) is 0 Å². The normalized spacial score (nSPS) is 9.92. The van der Waals surface area contributed by atoms with E-state index in [9.17, 15) is 4.79 Å². The van der Waals surface area contributed by atoms with Gasteiger partial charge in [0.15, 0.2) is 0 Å². The number of hydrogen-bond donors (Lipinski definition) is 1. The summed E-state index contributed by atoms with van der Waals surface area (Å²) < 4.78 is 0. The molecular weight excluding hydrogens is 156 g/mol. The summed E-state index contributed by atoms with van der Waals surface area (Å²) in [5, 5.41) is 14.0. The average Bonchev–Trinajstić information content (AvgIpc) is 1.97. The van der Waals surface area contributed by atoms with Crippen molar-refractivity contribution in [1.82, 2.24) is 5.01 Å². The minimum absolute atomic E-state index is 0.662. The van der Waals surface area contributed by atoms with Crippen LogP contribution >= 0.6 is 0 Å². The number of carboxylic acids is 1. The topological polar surface area (TPSA) is 52.9 Å². The summed E-state index contributed by atoms with van der Waals surface area (Å²) >= 11 is 0. The van der Waals surface area contributed by atoms with E-state index in [0.717, 1.165) is 11.8 Å². The first kappa shape index (κ1) is 10.7. The molecule has 0 aliphatic rings. The predicted molar refractivity (Wildman–Crippen MR) is 47.9 cm³/mol. The lowest BCUT2D eigenvalue weighted by Gasteiger charge is -2.10. The fraction of sp³-hybridized carbons (Fsp3) is 0.500. The molecule has 0 aromatic heterocycles. The summed E-state index contributed by atoms with van der Waals surface area (Å²) in [6.07, 6.45) is 2.51. The Morgan fingerprint density at radius 2 is 2.17 bits per heavy atom. The molecule has 0 heterocycles. The highest BCUT2D eigenvalue weighted by atomic mass is 16.4. The van der Waals surface area contributed by atoms with E-state index < -0.39 is 5.97 Å². The van der Waals surface area contributed by atoms with E-state index in [1.54, 1.807) is 5.01 Å². The maximum Gasteiger partial charge on any atom is 0.329 e. The maximum absolute atomic E-state index is 10.1. The van der Waals surface area contributed by atoms with Gasteiger partial charge < -0.3 is 5.11 Å². The number of carbonyl (C=O) groups is 1.